The van der Waals surface area contributed by atoms with Crippen LogP contribution in [0.25, 0.3) is 0 Å². The maximum atomic E-state index is 12.4. The van der Waals surface area contributed by atoms with E-state index < -0.39 is 0 Å². The monoisotopic (exact) mass is 252 g/mol. The second-order valence-electron chi connectivity index (χ2n) is 4.69. The van der Waals surface area contributed by atoms with Crippen molar-refractivity contribution in [3.63, 3.8) is 0 Å². The average molecular weight is 252 g/mol. The smallest absolute Gasteiger partial charge is 0.257 e. The zero-order chi connectivity index (χ0) is 13.7. The first-order valence-electron chi connectivity index (χ1n) is 6.56. The van der Waals surface area contributed by atoms with Crippen LogP contribution in [0.1, 0.15) is 43.2 Å². The molecule has 0 saturated carbocycles. The van der Waals surface area contributed by atoms with Crippen LogP contribution in [0.3, 0.4) is 0 Å². The highest BCUT2D eigenvalue weighted by Crippen LogP contribution is 2.13. The Balaban J connectivity index is 2.89. The van der Waals surface area contributed by atoms with Gasteiger partial charge in [-0.2, -0.15) is 5.10 Å². The maximum absolute atomic E-state index is 12.4. The Morgan fingerprint density at radius 2 is 2.22 bits per heavy atom. The predicted molar refractivity (Wildman–Crippen MR) is 72.5 cm³/mol. The van der Waals surface area contributed by atoms with Crippen molar-refractivity contribution in [2.45, 2.75) is 46.7 Å². The Labute approximate surface area is 109 Å². The molecule has 1 heterocycles. The van der Waals surface area contributed by atoms with Crippen molar-refractivity contribution in [2.75, 3.05) is 13.1 Å². The molecule has 0 atom stereocenters. The zero-order valence-corrected chi connectivity index (χ0v) is 11.8. The Bertz CT molecular complexity index is 398. The van der Waals surface area contributed by atoms with Crippen molar-refractivity contribution in [3.8, 4) is 0 Å². The first-order chi connectivity index (χ1) is 8.52. The van der Waals surface area contributed by atoms with Gasteiger partial charge in [-0.15, -0.1) is 0 Å². The molecule has 1 aromatic heterocycles. The lowest BCUT2D eigenvalue weighted by molar-refractivity contribution is 0.0716. The van der Waals surface area contributed by atoms with Crippen molar-refractivity contribution in [1.82, 2.24) is 14.7 Å². The van der Waals surface area contributed by atoms with Gasteiger partial charge in [-0.1, -0.05) is 0 Å². The Morgan fingerprint density at radius 3 is 2.72 bits per heavy atom. The lowest BCUT2D eigenvalue weighted by atomic mass is 10.2. The molecule has 0 radical (unpaired) electrons. The molecule has 18 heavy (non-hydrogen) atoms. The van der Waals surface area contributed by atoms with E-state index in [1.807, 2.05) is 37.3 Å². The molecule has 0 aromatic carbocycles. The van der Waals surface area contributed by atoms with Crippen molar-refractivity contribution in [3.05, 3.63) is 17.5 Å². The lowest BCUT2D eigenvalue weighted by Gasteiger charge is -2.24. The minimum absolute atomic E-state index is 0.0593. The fourth-order valence-corrected chi connectivity index (χ4v) is 2.02. The van der Waals surface area contributed by atoms with Gasteiger partial charge in [0, 0.05) is 24.8 Å². The van der Waals surface area contributed by atoms with E-state index in [9.17, 15) is 4.79 Å². The summed E-state index contributed by atoms with van der Waals surface area (Å²) in [4.78, 5) is 14.2. The topological polar surface area (TPSA) is 64.2 Å². The molecule has 5 heteroatoms. The number of hydrogen-bond acceptors (Lipinski definition) is 3. The SMILES string of the molecule is CCN(C(=O)c1cnn(CCCN)c1C)C(C)C. The van der Waals surface area contributed by atoms with Crippen LogP contribution in [-0.2, 0) is 6.54 Å². The second kappa shape index (κ2) is 6.54. The summed E-state index contributed by atoms with van der Waals surface area (Å²) in [5, 5.41) is 4.26. The van der Waals surface area contributed by atoms with Crippen molar-refractivity contribution in [2.24, 2.45) is 5.73 Å². The predicted octanol–water partition coefficient (Wildman–Crippen LogP) is 1.41. The number of hydrogen-bond donors (Lipinski definition) is 1. The molecule has 1 aromatic rings. The first-order valence-corrected chi connectivity index (χ1v) is 6.56. The third-order valence-corrected chi connectivity index (χ3v) is 3.13. The Morgan fingerprint density at radius 1 is 1.56 bits per heavy atom. The summed E-state index contributed by atoms with van der Waals surface area (Å²) < 4.78 is 1.86. The minimum atomic E-state index is 0.0593. The molecule has 1 amide bonds. The van der Waals surface area contributed by atoms with E-state index in [2.05, 4.69) is 5.10 Å². The largest absolute Gasteiger partial charge is 0.336 e. The summed E-state index contributed by atoms with van der Waals surface area (Å²) >= 11 is 0. The van der Waals surface area contributed by atoms with Gasteiger partial charge in [-0.3, -0.25) is 9.48 Å². The van der Waals surface area contributed by atoms with Gasteiger partial charge in [-0.25, -0.2) is 0 Å². The maximum Gasteiger partial charge on any atom is 0.257 e. The normalized spacial score (nSPS) is 11.0. The Hall–Kier alpha value is -1.36. The van der Waals surface area contributed by atoms with Crippen LogP contribution in [-0.4, -0.2) is 39.7 Å². The second-order valence-corrected chi connectivity index (χ2v) is 4.69. The summed E-state index contributed by atoms with van der Waals surface area (Å²) in [6, 6.07) is 0.203. The number of rotatable bonds is 6. The molecular formula is C13H24N4O. The van der Waals surface area contributed by atoms with Crippen molar-refractivity contribution in [1.29, 1.82) is 0 Å². The zero-order valence-electron chi connectivity index (χ0n) is 11.8. The molecule has 0 fully saturated rings. The lowest BCUT2D eigenvalue weighted by Crippen LogP contribution is -2.36. The molecule has 0 aliphatic heterocycles. The van der Waals surface area contributed by atoms with E-state index in [4.69, 9.17) is 5.73 Å². The number of aryl methyl sites for hydroxylation is 1. The van der Waals surface area contributed by atoms with E-state index in [0.717, 1.165) is 18.7 Å². The van der Waals surface area contributed by atoms with Gasteiger partial charge >= 0.3 is 0 Å². The number of nitrogens with zero attached hydrogens (tertiary/aromatic N) is 3. The number of aromatic nitrogens is 2. The number of carbonyl (C=O) groups is 1. The van der Waals surface area contributed by atoms with Gasteiger partial charge < -0.3 is 10.6 Å². The number of amides is 1. The van der Waals surface area contributed by atoms with Crippen LogP contribution in [0, 0.1) is 6.92 Å². The highest BCUT2D eigenvalue weighted by Gasteiger charge is 2.21. The molecule has 0 aliphatic carbocycles. The third kappa shape index (κ3) is 3.10. The van der Waals surface area contributed by atoms with Crippen molar-refractivity contribution < 1.29 is 4.79 Å². The fraction of sp³-hybridized carbons (Fsp3) is 0.692. The van der Waals surface area contributed by atoms with Gasteiger partial charge in [-0.05, 0) is 40.7 Å². The molecule has 0 spiro atoms. The molecule has 0 saturated heterocycles. The molecular weight excluding hydrogens is 228 g/mol. The average Bonchev–Trinajstić information content (AvgIpc) is 2.68. The first kappa shape index (κ1) is 14.7. The van der Waals surface area contributed by atoms with Gasteiger partial charge in [0.2, 0.25) is 0 Å². The fourth-order valence-electron chi connectivity index (χ4n) is 2.02. The van der Waals surface area contributed by atoms with Crippen LogP contribution < -0.4 is 5.73 Å². The van der Waals surface area contributed by atoms with Crippen LogP contribution in [0.15, 0.2) is 6.20 Å². The third-order valence-electron chi connectivity index (χ3n) is 3.13. The van der Waals surface area contributed by atoms with E-state index in [1.165, 1.54) is 0 Å². The molecule has 2 N–H and O–H groups in total. The van der Waals surface area contributed by atoms with Gasteiger partial charge in [0.05, 0.1) is 11.8 Å². The summed E-state index contributed by atoms with van der Waals surface area (Å²) in [6.45, 7) is 10.1. The van der Waals surface area contributed by atoms with E-state index >= 15 is 0 Å². The molecule has 5 nitrogen and oxygen atoms in total. The van der Waals surface area contributed by atoms with Gasteiger partial charge in [0.1, 0.15) is 0 Å². The Kier molecular flexibility index (Phi) is 5.34. The summed E-state index contributed by atoms with van der Waals surface area (Å²) in [5.41, 5.74) is 7.11. The molecule has 0 unspecified atom stereocenters. The van der Waals surface area contributed by atoms with Crippen molar-refractivity contribution >= 4 is 5.91 Å². The van der Waals surface area contributed by atoms with E-state index in [0.29, 0.717) is 18.7 Å². The van der Waals surface area contributed by atoms with Gasteiger partial charge in [0.25, 0.3) is 5.91 Å². The van der Waals surface area contributed by atoms with Gasteiger partial charge in [0.15, 0.2) is 0 Å². The molecule has 0 aliphatic rings. The van der Waals surface area contributed by atoms with Crippen LogP contribution in [0.5, 0.6) is 0 Å². The van der Waals surface area contributed by atoms with E-state index in [1.54, 1.807) is 6.20 Å². The summed E-state index contributed by atoms with van der Waals surface area (Å²) in [6.07, 6.45) is 2.54. The summed E-state index contributed by atoms with van der Waals surface area (Å²) in [5.74, 6) is 0.0593. The minimum Gasteiger partial charge on any atom is -0.336 e. The standard InChI is InChI=1S/C13H24N4O/c1-5-16(10(2)3)13(18)12-9-15-17(11(12)4)8-6-7-14/h9-10H,5-8,14H2,1-4H3. The number of carbonyl (C=O) groups excluding carboxylic acids is 1. The van der Waals surface area contributed by atoms with E-state index in [-0.39, 0.29) is 11.9 Å². The van der Waals surface area contributed by atoms with Crippen LogP contribution >= 0.6 is 0 Å². The summed E-state index contributed by atoms with van der Waals surface area (Å²) in [7, 11) is 0. The van der Waals surface area contributed by atoms with Crippen LogP contribution in [0.2, 0.25) is 0 Å². The number of nitrogens with two attached hydrogens (primary N) is 1. The van der Waals surface area contributed by atoms with Crippen LogP contribution in [0.4, 0.5) is 0 Å². The molecule has 0 bridgehead atoms. The molecule has 1 rings (SSSR count). The highest BCUT2D eigenvalue weighted by atomic mass is 16.2. The quantitative estimate of drug-likeness (QED) is 0.832. The molecule has 102 valence electrons. The highest BCUT2D eigenvalue weighted by molar-refractivity contribution is 5.95.